The molecule has 1 N–H and O–H groups in total. The first kappa shape index (κ1) is 17.9. The zero-order chi connectivity index (χ0) is 16.7. The molecule has 0 unspecified atom stereocenters. The molecule has 1 saturated heterocycles. The Morgan fingerprint density at radius 2 is 1.83 bits per heavy atom. The van der Waals surface area contributed by atoms with Crippen LogP contribution in [0.5, 0.6) is 0 Å². The normalized spacial score (nSPS) is 16.0. The quantitative estimate of drug-likeness (QED) is 0.870. The van der Waals surface area contributed by atoms with E-state index in [-0.39, 0.29) is 11.8 Å². The average Bonchev–Trinajstić information content (AvgIpc) is 2.60. The van der Waals surface area contributed by atoms with Crippen molar-refractivity contribution in [1.82, 2.24) is 10.2 Å². The molecule has 1 heterocycles. The molecule has 1 aliphatic heterocycles. The number of carbonyl (C=O) groups is 2. The molecule has 0 radical (unpaired) electrons. The first-order chi connectivity index (χ1) is 11.1. The summed E-state index contributed by atoms with van der Waals surface area (Å²) in [4.78, 5) is 26.5. The molecule has 5 heteroatoms. The van der Waals surface area contributed by atoms with Gasteiger partial charge in [-0.3, -0.25) is 9.59 Å². The van der Waals surface area contributed by atoms with Gasteiger partial charge in [0.25, 0.3) is 5.91 Å². The Morgan fingerprint density at radius 1 is 1.17 bits per heavy atom. The van der Waals surface area contributed by atoms with Gasteiger partial charge in [-0.15, -0.1) is 0 Å². The molecule has 0 aliphatic carbocycles. The van der Waals surface area contributed by atoms with Crippen LogP contribution in [0.3, 0.4) is 0 Å². The fraction of sp³-hybridized carbons (Fsp3) is 0.556. The van der Waals surface area contributed by atoms with Crippen LogP contribution in [-0.2, 0) is 10.5 Å². The van der Waals surface area contributed by atoms with E-state index in [1.165, 1.54) is 12.0 Å². The van der Waals surface area contributed by atoms with Crippen LogP contribution in [0.1, 0.15) is 49.0 Å². The number of hydrogen-bond acceptors (Lipinski definition) is 3. The molecular formula is C18H26N2O2S. The van der Waals surface area contributed by atoms with Gasteiger partial charge in [-0.2, -0.15) is 11.8 Å². The number of hydrogen-bond donors (Lipinski definition) is 1. The van der Waals surface area contributed by atoms with E-state index in [0.717, 1.165) is 37.4 Å². The van der Waals surface area contributed by atoms with Crippen molar-refractivity contribution in [3.05, 3.63) is 35.4 Å². The number of rotatable bonds is 6. The number of piperidine rings is 1. The Labute approximate surface area is 143 Å². The van der Waals surface area contributed by atoms with Crippen molar-refractivity contribution in [2.24, 2.45) is 0 Å². The Kier molecular flexibility index (Phi) is 6.96. The second kappa shape index (κ2) is 8.96. The minimum absolute atomic E-state index is 0.0222. The zero-order valence-electron chi connectivity index (χ0n) is 14.0. The highest BCUT2D eigenvalue weighted by Crippen LogP contribution is 2.13. The molecule has 0 bridgehead atoms. The van der Waals surface area contributed by atoms with E-state index in [0.29, 0.717) is 5.56 Å². The third kappa shape index (κ3) is 5.27. The second-order valence-corrected chi connectivity index (χ2v) is 7.19. The lowest BCUT2D eigenvalue weighted by atomic mass is 10.1. The van der Waals surface area contributed by atoms with Crippen LogP contribution >= 0.6 is 11.8 Å². The Hall–Kier alpha value is -1.49. The molecule has 0 spiro atoms. The van der Waals surface area contributed by atoms with E-state index < -0.39 is 6.04 Å². The number of thioether (sulfide) groups is 1. The molecule has 4 nitrogen and oxygen atoms in total. The zero-order valence-corrected chi connectivity index (χ0v) is 14.8. The SMILES string of the molecule is CCSCc1ccc(C(=O)N[C@@H](C)C(=O)N2CCCCC2)cc1. The highest BCUT2D eigenvalue weighted by Gasteiger charge is 2.23. The minimum Gasteiger partial charge on any atom is -0.341 e. The van der Waals surface area contributed by atoms with Gasteiger partial charge in [0.2, 0.25) is 5.91 Å². The number of likely N-dealkylation sites (tertiary alicyclic amines) is 1. The first-order valence-electron chi connectivity index (χ1n) is 8.38. The summed E-state index contributed by atoms with van der Waals surface area (Å²) in [6.45, 7) is 5.51. The van der Waals surface area contributed by atoms with Gasteiger partial charge < -0.3 is 10.2 Å². The van der Waals surface area contributed by atoms with Gasteiger partial charge >= 0.3 is 0 Å². The molecule has 2 amide bonds. The third-order valence-electron chi connectivity index (χ3n) is 4.07. The van der Waals surface area contributed by atoms with Gasteiger partial charge in [0.05, 0.1) is 0 Å². The van der Waals surface area contributed by atoms with E-state index in [9.17, 15) is 9.59 Å². The third-order valence-corrected chi connectivity index (χ3v) is 5.02. The predicted octanol–water partition coefficient (Wildman–Crippen LogP) is 3.07. The molecule has 126 valence electrons. The van der Waals surface area contributed by atoms with Crippen LogP contribution in [0.25, 0.3) is 0 Å². The highest BCUT2D eigenvalue weighted by atomic mass is 32.2. The van der Waals surface area contributed by atoms with Crippen LogP contribution in [0.4, 0.5) is 0 Å². The second-order valence-electron chi connectivity index (χ2n) is 5.92. The maximum Gasteiger partial charge on any atom is 0.251 e. The predicted molar refractivity (Wildman–Crippen MR) is 95.6 cm³/mol. The standard InChI is InChI=1S/C18H26N2O2S/c1-3-23-13-15-7-9-16(10-8-15)17(21)19-14(2)18(22)20-11-5-4-6-12-20/h7-10,14H,3-6,11-13H2,1-2H3,(H,19,21)/t14-/m0/s1. The minimum atomic E-state index is -0.476. The molecule has 2 rings (SSSR count). The lowest BCUT2D eigenvalue weighted by molar-refractivity contribution is -0.133. The van der Waals surface area contributed by atoms with Gasteiger partial charge in [0, 0.05) is 24.4 Å². The number of nitrogens with zero attached hydrogens (tertiary/aromatic N) is 1. The topological polar surface area (TPSA) is 49.4 Å². The van der Waals surface area contributed by atoms with Crippen molar-refractivity contribution in [1.29, 1.82) is 0 Å². The summed E-state index contributed by atoms with van der Waals surface area (Å²) < 4.78 is 0. The first-order valence-corrected chi connectivity index (χ1v) is 9.53. The van der Waals surface area contributed by atoms with Gasteiger partial charge in [-0.25, -0.2) is 0 Å². The average molecular weight is 334 g/mol. The molecule has 23 heavy (non-hydrogen) atoms. The smallest absolute Gasteiger partial charge is 0.251 e. The van der Waals surface area contributed by atoms with Crippen molar-refractivity contribution < 1.29 is 9.59 Å². The summed E-state index contributed by atoms with van der Waals surface area (Å²) in [6.07, 6.45) is 3.31. The van der Waals surface area contributed by atoms with Crippen LogP contribution in [-0.4, -0.2) is 41.6 Å². The monoisotopic (exact) mass is 334 g/mol. The van der Waals surface area contributed by atoms with Crippen molar-refractivity contribution in [2.75, 3.05) is 18.8 Å². The van der Waals surface area contributed by atoms with E-state index in [2.05, 4.69) is 12.2 Å². The maximum atomic E-state index is 12.3. The largest absolute Gasteiger partial charge is 0.341 e. The van der Waals surface area contributed by atoms with Crippen LogP contribution in [0.2, 0.25) is 0 Å². The van der Waals surface area contributed by atoms with E-state index in [1.54, 1.807) is 6.92 Å². The van der Waals surface area contributed by atoms with Gasteiger partial charge in [-0.05, 0) is 49.6 Å². The highest BCUT2D eigenvalue weighted by molar-refractivity contribution is 7.98. The number of carbonyl (C=O) groups excluding carboxylic acids is 2. The molecular weight excluding hydrogens is 308 g/mol. The van der Waals surface area contributed by atoms with E-state index in [1.807, 2.05) is 40.9 Å². The molecule has 1 aliphatic rings. The Bertz CT molecular complexity index is 524. The Morgan fingerprint density at radius 3 is 2.43 bits per heavy atom. The van der Waals surface area contributed by atoms with Gasteiger partial charge in [0.1, 0.15) is 6.04 Å². The van der Waals surface area contributed by atoms with Crippen molar-refractivity contribution >= 4 is 23.6 Å². The van der Waals surface area contributed by atoms with Crippen molar-refractivity contribution in [3.8, 4) is 0 Å². The summed E-state index contributed by atoms with van der Waals surface area (Å²) in [6, 6.07) is 7.15. The summed E-state index contributed by atoms with van der Waals surface area (Å²) in [5, 5.41) is 2.82. The molecule has 1 aromatic carbocycles. The van der Waals surface area contributed by atoms with Crippen LogP contribution in [0, 0.1) is 0 Å². The summed E-state index contributed by atoms with van der Waals surface area (Å²) in [7, 11) is 0. The summed E-state index contributed by atoms with van der Waals surface area (Å²) in [5.41, 5.74) is 1.82. The fourth-order valence-corrected chi connectivity index (χ4v) is 3.33. The maximum absolute atomic E-state index is 12.3. The lowest BCUT2D eigenvalue weighted by Crippen LogP contribution is -2.48. The lowest BCUT2D eigenvalue weighted by Gasteiger charge is -2.29. The van der Waals surface area contributed by atoms with Gasteiger partial charge in [-0.1, -0.05) is 19.1 Å². The fourth-order valence-electron chi connectivity index (χ4n) is 2.70. The van der Waals surface area contributed by atoms with E-state index in [4.69, 9.17) is 0 Å². The van der Waals surface area contributed by atoms with Crippen LogP contribution < -0.4 is 5.32 Å². The molecule has 1 fully saturated rings. The molecule has 1 aromatic rings. The van der Waals surface area contributed by atoms with Gasteiger partial charge in [0.15, 0.2) is 0 Å². The van der Waals surface area contributed by atoms with Crippen molar-refractivity contribution in [3.63, 3.8) is 0 Å². The van der Waals surface area contributed by atoms with Crippen molar-refractivity contribution in [2.45, 2.75) is 44.9 Å². The number of nitrogens with one attached hydrogen (secondary N) is 1. The molecule has 1 atom stereocenters. The summed E-state index contributed by atoms with van der Waals surface area (Å²) >= 11 is 1.86. The molecule has 0 saturated carbocycles. The molecule has 0 aromatic heterocycles. The summed E-state index contributed by atoms with van der Waals surface area (Å²) in [5.74, 6) is 1.88. The number of amides is 2. The van der Waals surface area contributed by atoms with Crippen LogP contribution in [0.15, 0.2) is 24.3 Å². The van der Waals surface area contributed by atoms with E-state index >= 15 is 0 Å². The number of benzene rings is 1. The Balaban J connectivity index is 1.88.